The normalized spacial score (nSPS) is 17.5. The number of hydrogen-bond acceptors (Lipinski definition) is 4. The minimum Gasteiger partial charge on any atom is -0.785 e. The lowest BCUT2D eigenvalue weighted by Gasteiger charge is -2.37. The van der Waals surface area contributed by atoms with Gasteiger partial charge in [-0.25, -0.2) is 0 Å². The van der Waals surface area contributed by atoms with Gasteiger partial charge in [-0.1, -0.05) is 51.9 Å². The lowest BCUT2D eigenvalue weighted by molar-refractivity contribution is -0.839. The van der Waals surface area contributed by atoms with E-state index in [1.54, 1.807) is 19.0 Å². The molecular formula is C20H40N3O3-. The van der Waals surface area contributed by atoms with Gasteiger partial charge in [-0.2, -0.15) is 0 Å². The van der Waals surface area contributed by atoms with Crippen molar-refractivity contribution in [3.05, 3.63) is 10.4 Å². The minimum absolute atomic E-state index is 0.118. The molecule has 0 saturated heterocycles. The van der Waals surface area contributed by atoms with Crippen molar-refractivity contribution in [2.24, 2.45) is 11.8 Å². The van der Waals surface area contributed by atoms with Crippen LogP contribution in [0.3, 0.4) is 0 Å². The fourth-order valence-electron chi connectivity index (χ4n) is 3.91. The van der Waals surface area contributed by atoms with E-state index < -0.39 is 4.65 Å². The summed E-state index contributed by atoms with van der Waals surface area (Å²) in [6, 6.07) is 0. The van der Waals surface area contributed by atoms with Gasteiger partial charge in [0.05, 0.1) is 27.2 Å². The molecule has 1 atom stereocenters. The van der Waals surface area contributed by atoms with Gasteiger partial charge < -0.3 is 25.0 Å². The predicted molar refractivity (Wildman–Crippen MR) is 107 cm³/mol. The van der Waals surface area contributed by atoms with Crippen LogP contribution in [0.2, 0.25) is 0 Å². The molecule has 0 heterocycles. The van der Waals surface area contributed by atoms with Gasteiger partial charge in [0.15, 0.2) is 0 Å². The molecule has 0 aromatic rings. The molecule has 0 aliphatic heterocycles. The number of rotatable bonds is 12. The molecule has 0 bridgehead atoms. The molecule has 1 aliphatic rings. The number of carbonyl (C=O) groups is 1. The first kappa shape index (κ1) is 23.3. The van der Waals surface area contributed by atoms with Crippen LogP contribution in [0.4, 0.5) is 0 Å². The van der Waals surface area contributed by atoms with E-state index in [9.17, 15) is 15.2 Å². The second-order valence-corrected chi connectivity index (χ2v) is 8.53. The van der Waals surface area contributed by atoms with Crippen molar-refractivity contribution in [2.45, 2.75) is 64.7 Å². The van der Waals surface area contributed by atoms with Crippen LogP contribution in [0, 0.1) is 22.3 Å². The quantitative estimate of drug-likeness (QED) is 0.389. The highest BCUT2D eigenvalue weighted by Crippen LogP contribution is 2.35. The van der Waals surface area contributed by atoms with Gasteiger partial charge in [-0.3, -0.25) is 4.79 Å². The van der Waals surface area contributed by atoms with Crippen LogP contribution in [-0.2, 0) is 4.79 Å². The van der Waals surface area contributed by atoms with Crippen molar-refractivity contribution >= 4 is 5.91 Å². The maximum Gasteiger partial charge on any atom is 0.223 e. The predicted octanol–water partition coefficient (Wildman–Crippen LogP) is 3.60. The van der Waals surface area contributed by atoms with E-state index >= 15 is 0 Å². The first-order valence-corrected chi connectivity index (χ1v) is 10.4. The Hall–Kier alpha value is -0.690. The molecule has 1 amide bonds. The van der Waals surface area contributed by atoms with Gasteiger partial charge in [-0.05, 0) is 25.3 Å². The third-order valence-electron chi connectivity index (χ3n) is 5.63. The Morgan fingerprint density at radius 2 is 1.81 bits per heavy atom. The smallest absolute Gasteiger partial charge is 0.223 e. The zero-order valence-corrected chi connectivity index (χ0v) is 17.4. The Balaban J connectivity index is 2.70. The molecule has 1 unspecified atom stereocenters. The van der Waals surface area contributed by atoms with Gasteiger partial charge in [0, 0.05) is 19.5 Å². The first-order valence-electron chi connectivity index (χ1n) is 10.4. The zero-order valence-electron chi connectivity index (χ0n) is 17.4. The maximum atomic E-state index is 13.0. The molecule has 0 spiro atoms. The number of nitrogens with zero attached hydrogens (tertiary/aromatic N) is 3. The number of likely N-dealkylation sites (N-methyl/N-ethyl adjacent to an activating group) is 2. The standard InChI is InChI=1S/C20H40N3O3/c1-5-6-10-19(18-11-8-7-9-12-18)17-20(24)22(14-13-21(2)25)15-16-23(3,4)26/h18-19H,5-17H2,1-4H3/q-1. The fourth-order valence-corrected chi connectivity index (χ4v) is 3.91. The summed E-state index contributed by atoms with van der Waals surface area (Å²) in [6.07, 6.45) is 10.4. The molecule has 0 aromatic carbocycles. The van der Waals surface area contributed by atoms with Gasteiger partial charge in [0.2, 0.25) is 5.91 Å². The molecule has 26 heavy (non-hydrogen) atoms. The molecular weight excluding hydrogens is 330 g/mol. The van der Waals surface area contributed by atoms with E-state index in [0.29, 0.717) is 44.4 Å². The van der Waals surface area contributed by atoms with E-state index in [1.807, 2.05) is 0 Å². The lowest BCUT2D eigenvalue weighted by Crippen LogP contribution is -2.45. The van der Waals surface area contributed by atoms with Crippen LogP contribution in [0.5, 0.6) is 0 Å². The van der Waals surface area contributed by atoms with Crippen molar-refractivity contribution in [2.75, 3.05) is 47.3 Å². The lowest BCUT2D eigenvalue weighted by atomic mass is 9.76. The van der Waals surface area contributed by atoms with Gasteiger partial charge >= 0.3 is 0 Å². The van der Waals surface area contributed by atoms with Crippen LogP contribution >= 0.6 is 0 Å². The van der Waals surface area contributed by atoms with E-state index in [-0.39, 0.29) is 5.91 Å². The largest absolute Gasteiger partial charge is 0.785 e. The highest BCUT2D eigenvalue weighted by molar-refractivity contribution is 5.76. The van der Waals surface area contributed by atoms with E-state index in [1.165, 1.54) is 45.6 Å². The maximum absolute atomic E-state index is 13.0. The number of unbranched alkanes of at least 4 members (excludes halogenated alkanes) is 1. The summed E-state index contributed by atoms with van der Waals surface area (Å²) in [5.74, 6) is 1.23. The van der Waals surface area contributed by atoms with Crippen molar-refractivity contribution in [1.82, 2.24) is 9.96 Å². The van der Waals surface area contributed by atoms with Crippen LogP contribution < -0.4 is 0 Å². The molecule has 0 aromatic heterocycles. The number of hydroxylamine groups is 5. The molecule has 1 fully saturated rings. The molecule has 1 saturated carbocycles. The third kappa shape index (κ3) is 9.86. The average Bonchev–Trinajstić information content (AvgIpc) is 2.58. The van der Waals surface area contributed by atoms with Crippen LogP contribution in [0.25, 0.3) is 0 Å². The Morgan fingerprint density at radius 1 is 1.15 bits per heavy atom. The van der Waals surface area contributed by atoms with Crippen molar-refractivity contribution in [3.8, 4) is 0 Å². The summed E-state index contributed by atoms with van der Waals surface area (Å²) in [6.45, 7) is 3.68. The minimum atomic E-state index is -0.418. The Morgan fingerprint density at radius 3 is 2.35 bits per heavy atom. The number of hydrogen-bond donors (Lipinski definition) is 0. The van der Waals surface area contributed by atoms with E-state index in [2.05, 4.69) is 6.92 Å². The monoisotopic (exact) mass is 370 g/mol. The van der Waals surface area contributed by atoms with Crippen LogP contribution in [0.15, 0.2) is 0 Å². The topological polar surface area (TPSA) is 69.7 Å². The van der Waals surface area contributed by atoms with Crippen LogP contribution in [-0.4, -0.2) is 67.8 Å². The molecule has 0 radical (unpaired) electrons. The summed E-state index contributed by atoms with van der Waals surface area (Å²) >= 11 is 0. The number of amides is 1. The van der Waals surface area contributed by atoms with Gasteiger partial charge in [0.25, 0.3) is 0 Å². The highest BCUT2D eigenvalue weighted by atomic mass is 16.5. The summed E-state index contributed by atoms with van der Waals surface area (Å²) in [5, 5.41) is 24.1. The van der Waals surface area contributed by atoms with Crippen LogP contribution in [0.1, 0.15) is 64.7 Å². The first-order chi connectivity index (χ1) is 12.2. The SMILES string of the molecule is CCCCC(CC(=O)N(CCN(C)[O-])CC[N+](C)(C)[O-])C1CCCCC1. The van der Waals surface area contributed by atoms with Gasteiger partial charge in [-0.15, -0.1) is 0 Å². The van der Waals surface area contributed by atoms with Crippen molar-refractivity contribution in [1.29, 1.82) is 0 Å². The highest BCUT2D eigenvalue weighted by Gasteiger charge is 2.27. The summed E-state index contributed by atoms with van der Waals surface area (Å²) in [4.78, 5) is 14.7. The summed E-state index contributed by atoms with van der Waals surface area (Å²) in [5.41, 5.74) is 0. The summed E-state index contributed by atoms with van der Waals surface area (Å²) < 4.78 is -0.418. The second kappa shape index (κ2) is 11.9. The molecule has 6 nitrogen and oxygen atoms in total. The number of carbonyl (C=O) groups excluding carboxylic acids is 1. The average molecular weight is 371 g/mol. The molecule has 6 heteroatoms. The Bertz CT molecular complexity index is 390. The fraction of sp³-hybridized carbons (Fsp3) is 0.950. The Kier molecular flexibility index (Phi) is 10.7. The van der Waals surface area contributed by atoms with Crippen molar-refractivity contribution in [3.63, 3.8) is 0 Å². The molecule has 154 valence electrons. The number of quaternary nitrogens is 1. The van der Waals surface area contributed by atoms with E-state index in [0.717, 1.165) is 17.9 Å². The second-order valence-electron chi connectivity index (χ2n) is 8.53. The zero-order chi connectivity index (χ0) is 19.6. The molecule has 1 rings (SSSR count). The molecule has 0 N–H and O–H groups in total. The van der Waals surface area contributed by atoms with Gasteiger partial charge in [0.1, 0.15) is 0 Å². The summed E-state index contributed by atoms with van der Waals surface area (Å²) in [7, 11) is 4.66. The van der Waals surface area contributed by atoms with E-state index in [4.69, 9.17) is 0 Å². The third-order valence-corrected chi connectivity index (χ3v) is 5.63. The Labute approximate surface area is 160 Å². The van der Waals surface area contributed by atoms with Crippen molar-refractivity contribution < 1.29 is 9.44 Å². The molecule has 1 aliphatic carbocycles.